The second-order valence-electron chi connectivity index (χ2n) is 1.82. The SMILES string of the molecule is COc1nc([B-](F)(F)F)cs1.[K+]. The van der Waals surface area contributed by atoms with Crippen LogP contribution in [0.4, 0.5) is 12.9 Å². The number of thiazole rings is 1. The third-order valence-electron chi connectivity index (χ3n) is 1.01. The molecular formula is C4H4BF3KNOS. The van der Waals surface area contributed by atoms with Gasteiger partial charge in [-0.15, -0.1) is 0 Å². The summed E-state index contributed by atoms with van der Waals surface area (Å²) in [4.78, 5) is 3.20. The molecule has 0 radical (unpaired) electrons. The first kappa shape index (κ1) is 12.9. The summed E-state index contributed by atoms with van der Waals surface area (Å²) in [6.07, 6.45) is 0. The molecule has 0 amide bonds. The number of nitrogens with zero attached hydrogens (tertiary/aromatic N) is 1. The molecule has 1 rings (SSSR count). The number of halogens is 3. The first-order valence-corrected chi connectivity index (χ1v) is 3.61. The van der Waals surface area contributed by atoms with Crippen LogP contribution in [0.25, 0.3) is 0 Å². The normalized spacial score (nSPS) is 10.7. The molecule has 0 aliphatic rings. The van der Waals surface area contributed by atoms with Gasteiger partial charge in [-0.25, -0.2) is 4.98 Å². The van der Waals surface area contributed by atoms with Crippen LogP contribution >= 0.6 is 11.3 Å². The zero-order chi connectivity index (χ0) is 8.48. The molecule has 0 aromatic carbocycles. The monoisotopic (exact) mass is 221 g/mol. The molecule has 0 aliphatic carbocycles. The van der Waals surface area contributed by atoms with Gasteiger partial charge in [-0.3, -0.25) is 0 Å². The van der Waals surface area contributed by atoms with Gasteiger partial charge in [0.2, 0.25) is 0 Å². The van der Waals surface area contributed by atoms with Gasteiger partial charge >= 0.3 is 58.4 Å². The Morgan fingerprint density at radius 3 is 2.33 bits per heavy atom. The number of rotatable bonds is 2. The second kappa shape index (κ2) is 4.97. The third-order valence-corrected chi connectivity index (χ3v) is 1.83. The molecule has 0 aliphatic heterocycles. The summed E-state index contributed by atoms with van der Waals surface area (Å²) >= 11 is 0.839. The van der Waals surface area contributed by atoms with Crippen LogP contribution in [0.2, 0.25) is 0 Å². The molecule has 2 nitrogen and oxygen atoms in total. The molecule has 62 valence electrons. The fourth-order valence-electron chi connectivity index (χ4n) is 0.513. The maximum atomic E-state index is 11.9. The van der Waals surface area contributed by atoms with Gasteiger partial charge < -0.3 is 17.7 Å². The van der Waals surface area contributed by atoms with Crippen LogP contribution < -0.4 is 61.7 Å². The largest absolute Gasteiger partial charge is 1.00 e. The van der Waals surface area contributed by atoms with E-state index in [1.54, 1.807) is 0 Å². The van der Waals surface area contributed by atoms with Gasteiger partial charge in [0.15, 0.2) is 0 Å². The van der Waals surface area contributed by atoms with Gasteiger partial charge in [0.1, 0.15) is 0 Å². The van der Waals surface area contributed by atoms with Crippen LogP contribution in [0, 0.1) is 0 Å². The van der Waals surface area contributed by atoms with Gasteiger partial charge in [0.05, 0.1) is 7.11 Å². The van der Waals surface area contributed by atoms with Crippen molar-refractivity contribution in [2.24, 2.45) is 0 Å². The zero-order valence-corrected chi connectivity index (χ0v) is 10.5. The number of aromatic nitrogens is 1. The van der Waals surface area contributed by atoms with Gasteiger partial charge in [0, 0.05) is 0 Å². The third kappa shape index (κ3) is 3.35. The Bertz CT molecular complexity index is 253. The minimum Gasteiger partial charge on any atom is -0.473 e. The van der Waals surface area contributed by atoms with E-state index >= 15 is 0 Å². The van der Waals surface area contributed by atoms with E-state index in [-0.39, 0.29) is 56.6 Å². The van der Waals surface area contributed by atoms with Crippen molar-refractivity contribution in [1.82, 2.24) is 4.98 Å². The molecule has 0 atom stereocenters. The summed E-state index contributed by atoms with van der Waals surface area (Å²) in [6, 6.07) is 0. The van der Waals surface area contributed by atoms with E-state index in [1.165, 1.54) is 7.11 Å². The molecule has 12 heavy (non-hydrogen) atoms. The fraction of sp³-hybridized carbons (Fsp3) is 0.250. The molecule has 0 N–H and O–H groups in total. The summed E-state index contributed by atoms with van der Waals surface area (Å²) < 4.78 is 40.2. The minimum atomic E-state index is -4.97. The molecule has 0 bridgehead atoms. The van der Waals surface area contributed by atoms with Crippen molar-refractivity contribution in [3.05, 3.63) is 5.38 Å². The molecule has 8 heteroatoms. The molecule has 1 aromatic heterocycles. The molecule has 0 saturated carbocycles. The van der Waals surface area contributed by atoms with Crippen LogP contribution in [0.3, 0.4) is 0 Å². The minimum absolute atomic E-state index is 0. The second-order valence-corrected chi connectivity index (χ2v) is 2.64. The quantitative estimate of drug-likeness (QED) is 0.550. The van der Waals surface area contributed by atoms with Crippen molar-refractivity contribution in [1.29, 1.82) is 0 Å². The Kier molecular flexibility index (Phi) is 5.35. The van der Waals surface area contributed by atoms with Crippen molar-refractivity contribution >= 4 is 23.9 Å². The molecule has 0 saturated heterocycles. The molecule has 0 unspecified atom stereocenters. The number of hydrogen-bond acceptors (Lipinski definition) is 3. The van der Waals surface area contributed by atoms with Crippen molar-refractivity contribution < 1.29 is 69.1 Å². The standard InChI is InChI=1S/C4H4BF3NOS.K/c1-10-4-9-3(2-11-4)5(6,7)8;/h2H,1H3;/q-1;+1. The Hall–Kier alpha value is 0.921. The fourth-order valence-corrected chi connectivity index (χ4v) is 1.20. The summed E-state index contributed by atoms with van der Waals surface area (Å²) in [5.41, 5.74) is -0.841. The Labute approximate surface area is 114 Å². The van der Waals surface area contributed by atoms with Crippen molar-refractivity contribution in [2.75, 3.05) is 7.11 Å². The van der Waals surface area contributed by atoms with Crippen LogP contribution in [-0.4, -0.2) is 19.1 Å². The van der Waals surface area contributed by atoms with Gasteiger partial charge in [-0.2, -0.15) is 0 Å². The first-order chi connectivity index (χ1) is 5.04. The van der Waals surface area contributed by atoms with E-state index in [2.05, 4.69) is 9.72 Å². The average molecular weight is 221 g/mol. The van der Waals surface area contributed by atoms with Crippen LogP contribution in [0.1, 0.15) is 0 Å². The van der Waals surface area contributed by atoms with Crippen LogP contribution in [0.15, 0.2) is 5.38 Å². The Morgan fingerprint density at radius 2 is 2.08 bits per heavy atom. The average Bonchev–Trinajstić information content (AvgIpc) is 2.32. The molecule has 0 spiro atoms. The van der Waals surface area contributed by atoms with Gasteiger partial charge in [-0.1, -0.05) is 11.3 Å². The van der Waals surface area contributed by atoms with Crippen LogP contribution in [-0.2, 0) is 0 Å². The zero-order valence-electron chi connectivity index (χ0n) is 6.55. The smallest absolute Gasteiger partial charge is 0.473 e. The van der Waals surface area contributed by atoms with Gasteiger partial charge in [-0.05, 0) is 11.0 Å². The van der Waals surface area contributed by atoms with E-state index in [9.17, 15) is 12.9 Å². The van der Waals surface area contributed by atoms with E-state index in [4.69, 9.17) is 0 Å². The van der Waals surface area contributed by atoms with E-state index < -0.39 is 12.6 Å². The maximum absolute atomic E-state index is 11.9. The Morgan fingerprint density at radius 1 is 1.50 bits per heavy atom. The molecule has 1 aromatic rings. The molecule has 0 fully saturated rings. The maximum Gasteiger partial charge on any atom is 1.00 e. The number of hydrogen-bond donors (Lipinski definition) is 0. The summed E-state index contributed by atoms with van der Waals surface area (Å²) in [6.45, 7) is -4.97. The predicted octanol–water partition coefficient (Wildman–Crippen LogP) is -1.79. The predicted molar refractivity (Wildman–Crippen MR) is 37.4 cm³/mol. The van der Waals surface area contributed by atoms with Crippen molar-refractivity contribution in [3.63, 3.8) is 0 Å². The summed E-state index contributed by atoms with van der Waals surface area (Å²) in [7, 11) is 1.28. The topological polar surface area (TPSA) is 22.1 Å². The van der Waals surface area contributed by atoms with Crippen LogP contribution in [0.5, 0.6) is 5.19 Å². The van der Waals surface area contributed by atoms with E-state index in [1.807, 2.05) is 0 Å². The van der Waals surface area contributed by atoms with E-state index in [0.29, 0.717) is 0 Å². The van der Waals surface area contributed by atoms with E-state index in [0.717, 1.165) is 16.7 Å². The number of methoxy groups -OCH3 is 1. The van der Waals surface area contributed by atoms with Gasteiger partial charge in [0.25, 0.3) is 5.19 Å². The Balaban J connectivity index is 0.00000121. The first-order valence-electron chi connectivity index (χ1n) is 2.73. The van der Waals surface area contributed by atoms with Crippen molar-refractivity contribution in [3.8, 4) is 5.19 Å². The van der Waals surface area contributed by atoms with Crippen molar-refractivity contribution in [2.45, 2.75) is 0 Å². The summed E-state index contributed by atoms with van der Waals surface area (Å²) in [5, 5.41) is 0.984. The molecular weight excluding hydrogens is 217 g/mol. The molecule has 1 heterocycles. The summed E-state index contributed by atoms with van der Waals surface area (Å²) in [5.74, 6) is 0. The number of ether oxygens (including phenoxy) is 1.